The van der Waals surface area contributed by atoms with E-state index in [1.165, 1.54) is 0 Å². The molecular formula is C7H7HgNO2. The van der Waals surface area contributed by atoms with Gasteiger partial charge in [-0.1, -0.05) is 0 Å². The molecule has 3 N–H and O–H groups in total. The summed E-state index contributed by atoms with van der Waals surface area (Å²) in [7, 11) is 0. The third kappa shape index (κ3) is 2.27. The molecule has 0 fully saturated rings. The molecule has 0 aliphatic carbocycles. The van der Waals surface area contributed by atoms with Crippen LogP contribution in [-0.2, 0) is 24.9 Å². The predicted octanol–water partition coefficient (Wildman–Crippen LogP) is -0.0337. The molecule has 0 saturated carbocycles. The van der Waals surface area contributed by atoms with Crippen LogP contribution >= 0.6 is 0 Å². The van der Waals surface area contributed by atoms with Gasteiger partial charge in [0, 0.05) is 0 Å². The van der Waals surface area contributed by atoms with E-state index in [-0.39, 0.29) is 0 Å². The summed E-state index contributed by atoms with van der Waals surface area (Å²) in [5, 5.41) is 8.54. The SMILES string of the molecule is [NH2][Hg][c]1ccc(C(=O)O)cc1. The average Bonchev–Trinajstić information content (AvgIpc) is 2.05. The second-order valence-electron chi connectivity index (χ2n) is 2.21. The van der Waals surface area contributed by atoms with E-state index in [1.807, 2.05) is 12.1 Å². The van der Waals surface area contributed by atoms with Gasteiger partial charge in [0.15, 0.2) is 0 Å². The number of nitrogens with two attached hydrogens (primary N) is 1. The summed E-state index contributed by atoms with van der Waals surface area (Å²) >= 11 is -1.29. The van der Waals surface area contributed by atoms with E-state index < -0.39 is 30.8 Å². The monoisotopic (exact) mass is 339 g/mol. The molecule has 0 atom stereocenters. The Kier molecular flexibility index (Phi) is 3.02. The standard InChI is InChI=1S/C7H5O2.Hg.H2N/c8-7(9)6-4-2-1-3-5-6;;/h2-5H,(H,8,9);;1H2/q;+1;-1. The van der Waals surface area contributed by atoms with Crippen LogP contribution in [0.25, 0.3) is 0 Å². The Morgan fingerprint density at radius 1 is 1.36 bits per heavy atom. The minimum absolute atomic E-state index is 0.329. The second-order valence-corrected chi connectivity index (χ2v) is 6.97. The van der Waals surface area contributed by atoms with Crippen LogP contribution < -0.4 is 6.57 Å². The van der Waals surface area contributed by atoms with Crippen LogP contribution in [0.4, 0.5) is 0 Å². The van der Waals surface area contributed by atoms with Crippen LogP contribution in [0.15, 0.2) is 24.3 Å². The maximum absolute atomic E-state index is 10.4. The fourth-order valence-corrected chi connectivity index (χ4v) is 2.76. The minimum atomic E-state index is -1.29. The van der Waals surface area contributed by atoms with E-state index in [4.69, 9.17) is 8.60 Å². The first kappa shape index (κ1) is 8.68. The van der Waals surface area contributed by atoms with Gasteiger partial charge >= 0.3 is 77.1 Å². The summed E-state index contributed by atoms with van der Waals surface area (Å²) in [4.78, 5) is 10.4. The van der Waals surface area contributed by atoms with Gasteiger partial charge in [0.1, 0.15) is 0 Å². The molecule has 0 amide bonds. The van der Waals surface area contributed by atoms with E-state index >= 15 is 0 Å². The summed E-state index contributed by atoms with van der Waals surface area (Å²) in [6.07, 6.45) is 0. The number of benzene rings is 1. The quantitative estimate of drug-likeness (QED) is 0.745. The zero-order valence-electron chi connectivity index (χ0n) is 5.95. The number of hydrogen-bond acceptors (Lipinski definition) is 2. The zero-order valence-corrected chi connectivity index (χ0v) is 11.4. The molecule has 0 saturated heterocycles. The molecule has 1 rings (SSSR count). The van der Waals surface area contributed by atoms with Crippen molar-refractivity contribution in [2.75, 3.05) is 0 Å². The second kappa shape index (κ2) is 3.83. The van der Waals surface area contributed by atoms with Gasteiger partial charge in [-0.25, -0.2) is 0 Å². The number of carbonyl (C=O) groups is 1. The van der Waals surface area contributed by atoms with Crippen LogP contribution in [0.1, 0.15) is 10.4 Å². The molecule has 0 aliphatic heterocycles. The first-order chi connectivity index (χ1) is 5.24. The van der Waals surface area contributed by atoms with Gasteiger partial charge in [0.25, 0.3) is 0 Å². The molecule has 1 aromatic carbocycles. The van der Waals surface area contributed by atoms with Gasteiger partial charge in [-0.2, -0.15) is 0 Å². The molecular weight excluding hydrogens is 331 g/mol. The molecule has 0 unspecified atom stereocenters. The predicted molar refractivity (Wildman–Crippen MR) is 37.2 cm³/mol. The Labute approximate surface area is 77.1 Å². The molecule has 11 heavy (non-hydrogen) atoms. The van der Waals surface area contributed by atoms with Crippen LogP contribution in [0.2, 0.25) is 0 Å². The molecule has 0 aliphatic rings. The third-order valence-electron chi connectivity index (χ3n) is 1.44. The Bertz CT molecular complexity index is 258. The zero-order chi connectivity index (χ0) is 8.27. The van der Waals surface area contributed by atoms with Gasteiger partial charge in [0.2, 0.25) is 0 Å². The molecule has 1 aromatic rings. The van der Waals surface area contributed by atoms with Crippen LogP contribution in [0.5, 0.6) is 0 Å². The number of hydrogen-bond donors (Lipinski definition) is 2. The van der Waals surface area contributed by atoms with E-state index in [0.29, 0.717) is 5.56 Å². The molecule has 0 bridgehead atoms. The van der Waals surface area contributed by atoms with Crippen LogP contribution in [0.3, 0.4) is 0 Å². The van der Waals surface area contributed by atoms with E-state index in [2.05, 4.69) is 0 Å². The van der Waals surface area contributed by atoms with Crippen molar-refractivity contribution in [1.82, 2.24) is 0 Å². The van der Waals surface area contributed by atoms with Gasteiger partial charge < -0.3 is 0 Å². The summed E-state index contributed by atoms with van der Waals surface area (Å²) < 4.78 is 6.71. The molecule has 0 heterocycles. The van der Waals surface area contributed by atoms with Crippen molar-refractivity contribution in [3.05, 3.63) is 29.8 Å². The van der Waals surface area contributed by atoms with Crippen molar-refractivity contribution in [3.8, 4) is 0 Å². The summed E-state index contributed by atoms with van der Waals surface area (Å²) in [5.41, 5.74) is 0.329. The topological polar surface area (TPSA) is 63.3 Å². The van der Waals surface area contributed by atoms with Crippen molar-refractivity contribution >= 4 is 9.04 Å². The van der Waals surface area contributed by atoms with Gasteiger partial charge in [-0.05, 0) is 0 Å². The molecule has 54 valence electrons. The van der Waals surface area contributed by atoms with Crippen molar-refractivity contribution in [2.24, 2.45) is 3.50 Å². The summed E-state index contributed by atoms with van der Waals surface area (Å²) in [6.45, 7) is 0. The van der Waals surface area contributed by atoms with Crippen molar-refractivity contribution in [1.29, 1.82) is 0 Å². The fourth-order valence-electron chi connectivity index (χ4n) is 0.783. The molecule has 0 aromatic heterocycles. The van der Waals surface area contributed by atoms with E-state index in [1.54, 1.807) is 12.1 Å². The van der Waals surface area contributed by atoms with Gasteiger partial charge in [0.05, 0.1) is 0 Å². The van der Waals surface area contributed by atoms with Gasteiger partial charge in [-0.3, -0.25) is 0 Å². The molecule has 0 radical (unpaired) electrons. The maximum atomic E-state index is 10.4. The third-order valence-corrected chi connectivity index (χ3v) is 5.10. The Hall–Kier alpha value is -0.415. The van der Waals surface area contributed by atoms with Gasteiger partial charge in [-0.15, -0.1) is 0 Å². The number of rotatable bonds is 2. The Morgan fingerprint density at radius 2 is 1.91 bits per heavy atom. The Morgan fingerprint density at radius 3 is 2.27 bits per heavy atom. The van der Waals surface area contributed by atoms with E-state index in [9.17, 15) is 4.79 Å². The number of carboxylic acid groups (broad SMARTS) is 1. The first-order valence-corrected chi connectivity index (χ1v) is 9.18. The summed E-state index contributed by atoms with van der Waals surface area (Å²) in [6, 6.07) is 6.82. The fraction of sp³-hybridized carbons (Fsp3) is 0. The summed E-state index contributed by atoms with van der Waals surface area (Å²) in [5.74, 6) is -0.884. The van der Waals surface area contributed by atoms with Crippen molar-refractivity contribution in [2.45, 2.75) is 0 Å². The molecule has 4 heteroatoms. The number of carboxylic acids is 1. The van der Waals surface area contributed by atoms with Crippen LogP contribution in [-0.4, -0.2) is 11.1 Å². The van der Waals surface area contributed by atoms with Crippen LogP contribution in [0, 0.1) is 0 Å². The molecule has 0 spiro atoms. The van der Waals surface area contributed by atoms with Crippen molar-refractivity contribution < 1.29 is 34.8 Å². The number of aromatic carboxylic acids is 1. The normalized spacial score (nSPS) is 8.82. The van der Waals surface area contributed by atoms with Crippen molar-refractivity contribution in [3.63, 3.8) is 0 Å². The van der Waals surface area contributed by atoms with E-state index in [0.717, 1.165) is 3.07 Å². The molecule has 3 nitrogen and oxygen atoms in total. The first-order valence-electron chi connectivity index (χ1n) is 3.26. The average molecular weight is 338 g/mol. The Balaban J connectivity index is 2.91.